The third-order valence-corrected chi connectivity index (χ3v) is 16.1. The minimum Gasteiger partial charge on any atom is -0.453 e. The SMILES string of the molecule is COC(=O)N[C@@H](CCSC)C(=O)N1CCC[C@H]1c1ncc(-c2ccc(-c3cc4ccc3CCc3ccc(c(-c5ccc(-c6cnc([C@@H]7CCCN7C(=O)[C@H](CCSC)NC(=O)OC)[nH]6)cc5)c3)C[C@H]4C)cc2)[nH]1. The molecule has 0 radical (unpaired) electrons. The van der Waals surface area contributed by atoms with Crippen molar-refractivity contribution in [2.75, 3.05) is 51.3 Å². The smallest absolute Gasteiger partial charge is 0.407 e. The molecule has 4 amide bonds. The highest BCUT2D eigenvalue weighted by molar-refractivity contribution is 7.98. The molecule has 2 saturated heterocycles. The van der Waals surface area contributed by atoms with Gasteiger partial charge < -0.3 is 39.9 Å². The van der Waals surface area contributed by atoms with E-state index in [4.69, 9.17) is 19.4 Å². The van der Waals surface area contributed by atoms with Gasteiger partial charge in [-0.15, -0.1) is 0 Å². The van der Waals surface area contributed by atoms with Gasteiger partial charge in [0, 0.05) is 13.1 Å². The van der Waals surface area contributed by atoms with Crippen LogP contribution in [0.4, 0.5) is 9.59 Å². The number of aromatic amines is 2. The van der Waals surface area contributed by atoms with Crippen molar-refractivity contribution in [3.05, 3.63) is 131 Å². The second kappa shape index (κ2) is 23.6. The van der Waals surface area contributed by atoms with Crippen molar-refractivity contribution >= 4 is 47.5 Å². The molecule has 6 aliphatic rings. The van der Waals surface area contributed by atoms with Crippen LogP contribution in [0, 0.1) is 0 Å². The van der Waals surface area contributed by atoms with Gasteiger partial charge in [-0.05, 0) is 143 Å². The highest BCUT2D eigenvalue weighted by Crippen LogP contribution is 2.38. The summed E-state index contributed by atoms with van der Waals surface area (Å²) >= 11 is 3.27. The Morgan fingerprint density at radius 2 is 1.12 bits per heavy atom. The third kappa shape index (κ3) is 11.7. The number of thioether (sulfide) groups is 2. The first-order chi connectivity index (χ1) is 35.5. The molecule has 2 fully saturated rings. The summed E-state index contributed by atoms with van der Waals surface area (Å²) in [5.74, 6) is 3.02. The molecular formula is C57H66N8O6S2. The number of nitrogens with zero attached hydrogens (tertiary/aromatic N) is 4. The zero-order chi connectivity index (χ0) is 51.0. The lowest BCUT2D eigenvalue weighted by Gasteiger charge is -2.28. The van der Waals surface area contributed by atoms with Crippen LogP contribution < -0.4 is 10.6 Å². The van der Waals surface area contributed by atoms with Gasteiger partial charge >= 0.3 is 12.2 Å². The molecule has 12 rings (SSSR count). The van der Waals surface area contributed by atoms with Crippen LogP contribution in [0.1, 0.15) is 97.4 Å². The maximum Gasteiger partial charge on any atom is 0.407 e. The maximum atomic E-state index is 13.8. The Hall–Kier alpha value is -6.52. The fourth-order valence-electron chi connectivity index (χ4n) is 10.7. The number of rotatable bonds is 16. The predicted molar refractivity (Wildman–Crippen MR) is 290 cm³/mol. The average molecular weight is 1020 g/mol. The van der Waals surface area contributed by atoms with Crippen molar-refractivity contribution in [2.24, 2.45) is 0 Å². The minimum absolute atomic E-state index is 0.110. The summed E-state index contributed by atoms with van der Waals surface area (Å²) < 4.78 is 9.66. The van der Waals surface area contributed by atoms with E-state index in [1.165, 1.54) is 58.7 Å². The third-order valence-electron chi connectivity index (χ3n) is 14.8. The molecule has 2 aromatic heterocycles. The Bertz CT molecular complexity index is 2900. The molecule has 0 spiro atoms. The number of likely N-dealkylation sites (tertiary alicyclic amines) is 2. The number of imidazole rings is 2. The molecule has 0 saturated carbocycles. The first kappa shape index (κ1) is 51.4. The zero-order valence-electron chi connectivity index (χ0n) is 42.4. The highest BCUT2D eigenvalue weighted by Gasteiger charge is 2.38. The van der Waals surface area contributed by atoms with E-state index in [9.17, 15) is 19.2 Å². The molecule has 14 nitrogen and oxygen atoms in total. The Morgan fingerprint density at radius 1 is 0.644 bits per heavy atom. The molecule has 16 heteroatoms. The molecule has 4 bridgehead atoms. The number of benzene rings is 4. The molecule has 2 aliphatic heterocycles. The number of alkyl carbamates (subject to hydrolysis) is 2. The lowest BCUT2D eigenvalue weighted by molar-refractivity contribution is -0.135. The van der Waals surface area contributed by atoms with Gasteiger partial charge in [-0.1, -0.05) is 91.9 Å². The molecule has 4 heterocycles. The quantitative estimate of drug-likeness (QED) is 0.0730. The van der Waals surface area contributed by atoms with Gasteiger partial charge in [0.25, 0.3) is 0 Å². The monoisotopic (exact) mass is 1020 g/mol. The second-order valence-corrected chi connectivity index (χ2v) is 21.3. The normalized spacial score (nSPS) is 18.2. The van der Waals surface area contributed by atoms with Crippen molar-refractivity contribution in [2.45, 2.75) is 94.8 Å². The Kier molecular flexibility index (Phi) is 16.6. The van der Waals surface area contributed by atoms with Crippen LogP contribution in [0.2, 0.25) is 0 Å². The highest BCUT2D eigenvalue weighted by atomic mass is 32.2. The summed E-state index contributed by atoms with van der Waals surface area (Å²) in [6.07, 6.45) is 13.5. The minimum atomic E-state index is -0.657. The van der Waals surface area contributed by atoms with Crippen molar-refractivity contribution in [1.82, 2.24) is 40.4 Å². The summed E-state index contributed by atoms with van der Waals surface area (Å²) in [5.41, 5.74) is 13.9. The van der Waals surface area contributed by atoms with Crippen LogP contribution in [0.3, 0.4) is 0 Å². The molecule has 6 aromatic rings. The first-order valence-corrected chi connectivity index (χ1v) is 28.2. The Balaban J connectivity index is 0.880. The molecule has 382 valence electrons. The summed E-state index contributed by atoms with van der Waals surface area (Å²) in [5, 5.41) is 5.50. The van der Waals surface area contributed by atoms with Crippen molar-refractivity contribution in [1.29, 1.82) is 0 Å². The fourth-order valence-corrected chi connectivity index (χ4v) is 11.7. The van der Waals surface area contributed by atoms with Crippen LogP contribution >= 0.6 is 23.5 Å². The number of ether oxygens (including phenoxy) is 2. The Labute approximate surface area is 436 Å². The van der Waals surface area contributed by atoms with Crippen LogP contribution in [0.15, 0.2) is 97.3 Å². The number of nitrogens with one attached hydrogen (secondary N) is 4. The van der Waals surface area contributed by atoms with Gasteiger partial charge in [0.05, 0.1) is 50.1 Å². The van der Waals surface area contributed by atoms with Crippen LogP contribution in [0.25, 0.3) is 44.8 Å². The van der Waals surface area contributed by atoms with Crippen LogP contribution in [0.5, 0.6) is 0 Å². The van der Waals surface area contributed by atoms with E-state index in [1.54, 1.807) is 23.5 Å². The number of carbonyl (C=O) groups is 4. The van der Waals surface area contributed by atoms with E-state index in [1.807, 2.05) is 34.7 Å². The van der Waals surface area contributed by atoms with Crippen LogP contribution in [-0.2, 0) is 38.3 Å². The van der Waals surface area contributed by atoms with Gasteiger partial charge in [0.1, 0.15) is 23.7 Å². The second-order valence-electron chi connectivity index (χ2n) is 19.4. The van der Waals surface area contributed by atoms with Gasteiger partial charge in [0.2, 0.25) is 11.8 Å². The van der Waals surface area contributed by atoms with Crippen molar-refractivity contribution < 1.29 is 28.7 Å². The van der Waals surface area contributed by atoms with Crippen molar-refractivity contribution in [3.63, 3.8) is 0 Å². The zero-order valence-corrected chi connectivity index (χ0v) is 44.0. The average Bonchev–Trinajstić information content (AvgIpc) is 4.28. The number of hydrogen-bond donors (Lipinski definition) is 4. The Morgan fingerprint density at radius 3 is 1.62 bits per heavy atom. The molecule has 4 N–H and O–H groups in total. The fraction of sp³-hybridized carbons (Fsp3) is 0.404. The summed E-state index contributed by atoms with van der Waals surface area (Å²) in [4.78, 5) is 72.1. The first-order valence-electron chi connectivity index (χ1n) is 25.4. The largest absolute Gasteiger partial charge is 0.453 e. The lowest BCUT2D eigenvalue weighted by Crippen LogP contribution is -2.48. The molecule has 4 aliphatic carbocycles. The van der Waals surface area contributed by atoms with E-state index < -0.39 is 24.3 Å². The number of carbonyl (C=O) groups excluding carboxylic acids is 4. The summed E-state index contributed by atoms with van der Waals surface area (Å²) in [6.45, 7) is 3.53. The van der Waals surface area contributed by atoms with E-state index in [-0.39, 0.29) is 29.8 Å². The van der Waals surface area contributed by atoms with E-state index >= 15 is 0 Å². The standard InChI is InChI=1S/C57H66N8O6S2/c1-35-30-43-13-11-36(31-44(43)38-14-19-40(20-15-38)48-33-58-52(60-48)50-8-6-26-64(50)54(66)46(24-28-72-4)62-56(68)70-2)10-12-37-18-23-42(35)32-45(37)39-16-21-41(22-17-39)49-34-59-53(61-49)51-9-7-27-65(51)55(67)47(25-29-73-5)63-57(69)71-3/h11,13-23,31-35,46-47,50-51H,6-10,12,24-30H2,1-5H3,(H,58,60)(H,59,61)(H,62,68)(H,63,69)/t35-,46+,47+,50+,51+/m1/s1. The van der Waals surface area contributed by atoms with Crippen molar-refractivity contribution in [3.8, 4) is 44.8 Å². The summed E-state index contributed by atoms with van der Waals surface area (Å²) in [6, 6.07) is 29.7. The number of hydrogen-bond acceptors (Lipinski definition) is 10. The maximum absolute atomic E-state index is 13.8. The number of methoxy groups -OCH3 is 2. The number of H-pyrrole nitrogens is 2. The van der Waals surface area contributed by atoms with Gasteiger partial charge in [-0.3, -0.25) is 9.59 Å². The van der Waals surface area contributed by atoms with Crippen LogP contribution in [-0.4, -0.2) is 117 Å². The topological polar surface area (TPSA) is 175 Å². The molecule has 5 atom stereocenters. The predicted octanol–water partition coefficient (Wildman–Crippen LogP) is 10.5. The summed E-state index contributed by atoms with van der Waals surface area (Å²) in [7, 11) is 2.62. The molecule has 0 unspecified atom stereocenters. The molecule has 4 aromatic carbocycles. The molecule has 73 heavy (non-hydrogen) atoms. The number of aryl methyl sites for hydroxylation is 2. The van der Waals surface area contributed by atoms with E-state index in [0.29, 0.717) is 25.9 Å². The number of amides is 4. The van der Waals surface area contributed by atoms with Gasteiger partial charge in [-0.2, -0.15) is 23.5 Å². The van der Waals surface area contributed by atoms with E-state index in [2.05, 4.69) is 112 Å². The van der Waals surface area contributed by atoms with Gasteiger partial charge in [-0.25, -0.2) is 19.6 Å². The molecular weight excluding hydrogens is 957 g/mol. The van der Waals surface area contributed by atoms with E-state index in [0.717, 1.165) is 90.6 Å². The number of aromatic nitrogens is 4. The lowest BCUT2D eigenvalue weighted by atomic mass is 9.84. The van der Waals surface area contributed by atoms with Gasteiger partial charge in [0.15, 0.2) is 0 Å².